The molecule has 2 aromatic heterocycles. The number of methoxy groups -OCH3 is 1. The molecule has 0 bridgehead atoms. The number of benzene rings is 2. The lowest BCUT2D eigenvalue weighted by molar-refractivity contribution is -0.121. The molecule has 0 unspecified atom stereocenters. The van der Waals surface area contributed by atoms with E-state index in [0.717, 1.165) is 26.9 Å². The molecule has 6 heteroatoms. The fourth-order valence-electron chi connectivity index (χ4n) is 3.36. The number of nitrogens with zero attached hydrogens (tertiary/aromatic N) is 1. The van der Waals surface area contributed by atoms with Gasteiger partial charge in [0.2, 0.25) is 5.91 Å². The van der Waals surface area contributed by atoms with E-state index >= 15 is 0 Å². The number of thiophene rings is 1. The van der Waals surface area contributed by atoms with E-state index in [0.29, 0.717) is 12.8 Å². The fraction of sp³-hybridized carbons (Fsp3) is 0.200. The first-order valence-electron chi connectivity index (χ1n) is 10.1. The summed E-state index contributed by atoms with van der Waals surface area (Å²) in [7, 11) is 1.63. The van der Waals surface area contributed by atoms with Crippen LogP contribution >= 0.6 is 22.7 Å². The summed E-state index contributed by atoms with van der Waals surface area (Å²) in [6.07, 6.45) is 0.987. The van der Waals surface area contributed by atoms with E-state index in [9.17, 15) is 4.79 Å². The molecule has 4 nitrogen and oxygen atoms in total. The molecule has 31 heavy (non-hydrogen) atoms. The summed E-state index contributed by atoms with van der Waals surface area (Å²) in [6, 6.07) is 20.0. The highest BCUT2D eigenvalue weighted by Gasteiger charge is 2.19. The summed E-state index contributed by atoms with van der Waals surface area (Å²) >= 11 is 3.29. The minimum absolute atomic E-state index is 0.0314. The van der Waals surface area contributed by atoms with E-state index in [2.05, 4.69) is 53.3 Å². The molecule has 0 spiro atoms. The van der Waals surface area contributed by atoms with Crippen LogP contribution < -0.4 is 10.1 Å². The van der Waals surface area contributed by atoms with Crippen molar-refractivity contribution in [1.29, 1.82) is 0 Å². The Labute approximate surface area is 190 Å². The fourth-order valence-corrected chi connectivity index (χ4v) is 5.05. The minimum Gasteiger partial charge on any atom is -0.497 e. The number of ether oxygens (including phenoxy) is 1. The molecule has 0 aliphatic heterocycles. The summed E-state index contributed by atoms with van der Waals surface area (Å²) in [4.78, 5) is 18.9. The van der Waals surface area contributed by atoms with Crippen molar-refractivity contribution in [3.63, 3.8) is 0 Å². The van der Waals surface area contributed by atoms with Crippen LogP contribution in [0.1, 0.15) is 28.4 Å². The molecule has 2 heterocycles. The smallest absolute Gasteiger partial charge is 0.224 e. The van der Waals surface area contributed by atoms with E-state index in [-0.39, 0.29) is 11.9 Å². The van der Waals surface area contributed by atoms with Crippen LogP contribution in [0.4, 0.5) is 0 Å². The number of aryl methyl sites for hydroxylation is 1. The molecule has 0 aliphatic carbocycles. The number of carbonyl (C=O) groups excluding carboxylic acids is 1. The first-order chi connectivity index (χ1) is 15.1. The van der Waals surface area contributed by atoms with Crippen LogP contribution in [0, 0.1) is 6.92 Å². The molecular weight excluding hydrogens is 424 g/mol. The number of aromatic nitrogens is 1. The Bertz CT molecular complexity index is 1130. The number of hydrogen-bond acceptors (Lipinski definition) is 5. The van der Waals surface area contributed by atoms with Gasteiger partial charge in [0.05, 0.1) is 30.1 Å². The van der Waals surface area contributed by atoms with Gasteiger partial charge >= 0.3 is 0 Å². The monoisotopic (exact) mass is 448 g/mol. The molecule has 1 amide bonds. The average molecular weight is 449 g/mol. The van der Waals surface area contributed by atoms with Crippen molar-refractivity contribution in [3.8, 4) is 15.6 Å². The molecule has 0 radical (unpaired) electrons. The van der Waals surface area contributed by atoms with Gasteiger partial charge in [-0.25, -0.2) is 4.98 Å². The zero-order chi connectivity index (χ0) is 21.6. The van der Waals surface area contributed by atoms with Gasteiger partial charge in [-0.2, -0.15) is 0 Å². The van der Waals surface area contributed by atoms with Gasteiger partial charge in [-0.15, -0.1) is 22.7 Å². The maximum Gasteiger partial charge on any atom is 0.224 e. The first-order valence-corrected chi connectivity index (χ1v) is 11.8. The lowest BCUT2D eigenvalue weighted by Gasteiger charge is -2.18. The minimum atomic E-state index is -0.189. The van der Waals surface area contributed by atoms with Gasteiger partial charge in [0, 0.05) is 5.38 Å². The SMILES string of the molecule is COc1cccc(CC(=O)N[C@@H](Cc2ccc(C)cc2)c2csc(-c3cccs3)n2)c1. The molecule has 1 atom stereocenters. The number of thiazole rings is 1. The van der Waals surface area contributed by atoms with Crippen LogP contribution in [0.3, 0.4) is 0 Å². The number of amides is 1. The van der Waals surface area contributed by atoms with Gasteiger partial charge in [-0.1, -0.05) is 48.0 Å². The maximum atomic E-state index is 12.9. The second-order valence-corrected chi connectivity index (χ2v) is 9.20. The van der Waals surface area contributed by atoms with Gasteiger partial charge in [0.15, 0.2) is 0 Å². The Morgan fingerprint density at radius 3 is 2.65 bits per heavy atom. The lowest BCUT2D eigenvalue weighted by atomic mass is 10.0. The predicted molar refractivity (Wildman–Crippen MR) is 128 cm³/mol. The van der Waals surface area contributed by atoms with Crippen molar-refractivity contribution >= 4 is 28.6 Å². The van der Waals surface area contributed by atoms with Crippen LogP contribution in [-0.4, -0.2) is 18.0 Å². The molecule has 158 valence electrons. The summed E-state index contributed by atoms with van der Waals surface area (Å²) in [5.41, 5.74) is 4.20. The summed E-state index contributed by atoms with van der Waals surface area (Å²) in [6.45, 7) is 2.07. The van der Waals surface area contributed by atoms with Gasteiger partial charge in [-0.05, 0) is 48.1 Å². The highest BCUT2D eigenvalue weighted by molar-refractivity contribution is 7.20. The zero-order valence-corrected chi connectivity index (χ0v) is 19.1. The third kappa shape index (κ3) is 5.60. The van der Waals surface area contributed by atoms with Crippen LogP contribution in [-0.2, 0) is 17.6 Å². The van der Waals surface area contributed by atoms with Crippen molar-refractivity contribution in [1.82, 2.24) is 10.3 Å². The quantitative estimate of drug-likeness (QED) is 0.369. The van der Waals surface area contributed by atoms with Crippen molar-refractivity contribution in [2.24, 2.45) is 0 Å². The van der Waals surface area contributed by atoms with Crippen LogP contribution in [0.5, 0.6) is 5.75 Å². The Hall–Kier alpha value is -2.96. The molecule has 0 saturated carbocycles. The topological polar surface area (TPSA) is 51.2 Å². The second-order valence-electron chi connectivity index (χ2n) is 7.39. The van der Waals surface area contributed by atoms with E-state index < -0.39 is 0 Å². The van der Waals surface area contributed by atoms with Crippen LogP contribution in [0.2, 0.25) is 0 Å². The summed E-state index contributed by atoms with van der Waals surface area (Å²) < 4.78 is 5.27. The lowest BCUT2D eigenvalue weighted by Crippen LogP contribution is -2.31. The Morgan fingerprint density at radius 2 is 1.90 bits per heavy atom. The zero-order valence-electron chi connectivity index (χ0n) is 17.5. The Morgan fingerprint density at radius 1 is 1.06 bits per heavy atom. The van der Waals surface area contributed by atoms with Crippen molar-refractivity contribution in [2.75, 3.05) is 7.11 Å². The van der Waals surface area contributed by atoms with Crippen molar-refractivity contribution < 1.29 is 9.53 Å². The van der Waals surface area contributed by atoms with E-state index in [1.165, 1.54) is 11.1 Å². The van der Waals surface area contributed by atoms with Gasteiger partial charge in [-0.3, -0.25) is 4.79 Å². The normalized spacial score (nSPS) is 11.8. The molecule has 1 N–H and O–H groups in total. The summed E-state index contributed by atoms with van der Waals surface area (Å²) in [5, 5.41) is 8.30. The number of nitrogens with one attached hydrogen (secondary N) is 1. The van der Waals surface area contributed by atoms with Crippen LogP contribution in [0.15, 0.2) is 71.4 Å². The van der Waals surface area contributed by atoms with Crippen molar-refractivity contribution in [2.45, 2.75) is 25.8 Å². The molecule has 0 fully saturated rings. The third-order valence-electron chi connectivity index (χ3n) is 5.01. The van der Waals surface area contributed by atoms with Crippen molar-refractivity contribution in [3.05, 3.63) is 93.8 Å². The maximum absolute atomic E-state index is 12.9. The standard InChI is InChI=1S/C25H24N2O2S2/c1-17-8-10-18(11-9-17)14-21(22-16-31-25(27-22)23-7-4-12-30-23)26-24(28)15-19-5-3-6-20(13-19)29-2/h3-13,16,21H,14-15H2,1-2H3,(H,26,28)/t21-/m0/s1. The molecule has 0 saturated heterocycles. The average Bonchev–Trinajstić information content (AvgIpc) is 3.47. The molecule has 4 rings (SSSR count). The third-order valence-corrected chi connectivity index (χ3v) is 6.91. The summed E-state index contributed by atoms with van der Waals surface area (Å²) in [5.74, 6) is 0.720. The van der Waals surface area contributed by atoms with Gasteiger partial charge < -0.3 is 10.1 Å². The van der Waals surface area contributed by atoms with E-state index in [1.807, 2.05) is 30.3 Å². The Balaban J connectivity index is 1.54. The van der Waals surface area contributed by atoms with Gasteiger partial charge in [0.25, 0.3) is 0 Å². The highest BCUT2D eigenvalue weighted by Crippen LogP contribution is 2.30. The van der Waals surface area contributed by atoms with Crippen LogP contribution in [0.25, 0.3) is 9.88 Å². The Kier molecular flexibility index (Phi) is 6.79. The number of carbonyl (C=O) groups is 1. The first kappa shape index (κ1) is 21.3. The largest absolute Gasteiger partial charge is 0.497 e. The number of hydrogen-bond donors (Lipinski definition) is 1. The van der Waals surface area contributed by atoms with E-state index in [1.54, 1.807) is 29.8 Å². The molecule has 2 aromatic carbocycles. The molecule has 4 aromatic rings. The van der Waals surface area contributed by atoms with Gasteiger partial charge in [0.1, 0.15) is 10.8 Å². The molecular formula is C25H24N2O2S2. The number of rotatable bonds is 8. The predicted octanol–water partition coefficient (Wildman–Crippen LogP) is 5.83. The van der Waals surface area contributed by atoms with E-state index in [4.69, 9.17) is 9.72 Å². The second kappa shape index (κ2) is 9.90. The highest BCUT2D eigenvalue weighted by atomic mass is 32.1. The molecule has 0 aliphatic rings.